The molecule has 0 spiro atoms. The molecule has 8 nitrogen and oxygen atoms in total. The maximum atomic E-state index is 13.0. The number of nitrogens with zero attached hydrogens (tertiary/aromatic N) is 3. The Bertz CT molecular complexity index is 1040. The summed E-state index contributed by atoms with van der Waals surface area (Å²) in [5.74, 6) is -3.05. The SMILES string of the molecule is COCc1ccc(CC(=O)N(C)C2CCN(CC(=O)c3ccc(F)cc3)CC2)cn1.O=C(O)C(F)(F)F. The highest BCUT2D eigenvalue weighted by Gasteiger charge is 2.38. The summed E-state index contributed by atoms with van der Waals surface area (Å²) in [5, 5.41) is 7.12. The number of rotatable bonds is 8. The molecule has 1 aliphatic heterocycles. The van der Waals surface area contributed by atoms with Crippen molar-refractivity contribution in [2.75, 3.05) is 33.8 Å². The summed E-state index contributed by atoms with van der Waals surface area (Å²) in [4.78, 5) is 42.2. The molecule has 1 aromatic heterocycles. The molecule has 0 saturated carbocycles. The minimum absolute atomic E-state index is 0.0118. The van der Waals surface area contributed by atoms with E-state index in [1.807, 2.05) is 24.1 Å². The molecule has 1 saturated heterocycles. The van der Waals surface area contributed by atoms with Crippen LogP contribution in [-0.2, 0) is 27.4 Å². The molecular formula is C25H29F4N3O5. The van der Waals surface area contributed by atoms with E-state index in [0.717, 1.165) is 37.2 Å². The number of methoxy groups -OCH3 is 1. The topological polar surface area (TPSA) is 100 Å². The fourth-order valence-corrected chi connectivity index (χ4v) is 3.69. The highest BCUT2D eigenvalue weighted by Crippen LogP contribution is 2.18. The molecule has 1 aliphatic rings. The largest absolute Gasteiger partial charge is 0.490 e. The van der Waals surface area contributed by atoms with E-state index in [0.29, 0.717) is 25.1 Å². The average molecular weight is 528 g/mol. The number of aromatic nitrogens is 1. The highest BCUT2D eigenvalue weighted by molar-refractivity contribution is 5.97. The number of alkyl halides is 3. The lowest BCUT2D eigenvalue weighted by molar-refractivity contribution is -0.192. The monoisotopic (exact) mass is 527 g/mol. The van der Waals surface area contributed by atoms with Crippen molar-refractivity contribution in [1.82, 2.24) is 14.8 Å². The molecule has 12 heteroatoms. The van der Waals surface area contributed by atoms with Gasteiger partial charge in [-0.2, -0.15) is 13.2 Å². The number of pyridine rings is 1. The van der Waals surface area contributed by atoms with Gasteiger partial charge >= 0.3 is 12.1 Å². The highest BCUT2D eigenvalue weighted by atomic mass is 19.4. The first-order chi connectivity index (χ1) is 17.4. The molecule has 0 unspecified atom stereocenters. The van der Waals surface area contributed by atoms with Gasteiger partial charge in [0, 0.05) is 45.0 Å². The summed E-state index contributed by atoms with van der Waals surface area (Å²) in [6, 6.07) is 9.61. The first-order valence-corrected chi connectivity index (χ1v) is 11.4. The number of hydrogen-bond acceptors (Lipinski definition) is 6. The van der Waals surface area contributed by atoms with E-state index in [1.54, 1.807) is 13.3 Å². The van der Waals surface area contributed by atoms with Crippen LogP contribution in [0.4, 0.5) is 17.6 Å². The van der Waals surface area contributed by atoms with Gasteiger partial charge in [-0.3, -0.25) is 19.5 Å². The lowest BCUT2D eigenvalue weighted by atomic mass is 10.0. The molecule has 2 heterocycles. The van der Waals surface area contributed by atoms with Gasteiger partial charge in [0.05, 0.1) is 25.3 Å². The van der Waals surface area contributed by atoms with Gasteiger partial charge < -0.3 is 14.7 Å². The average Bonchev–Trinajstić information content (AvgIpc) is 2.85. The van der Waals surface area contributed by atoms with Crippen molar-refractivity contribution >= 4 is 17.7 Å². The fourth-order valence-electron chi connectivity index (χ4n) is 3.69. The molecule has 37 heavy (non-hydrogen) atoms. The Labute approximate surface area is 211 Å². The predicted molar refractivity (Wildman–Crippen MR) is 125 cm³/mol. The number of hydrogen-bond donors (Lipinski definition) is 1. The number of benzene rings is 1. The number of carbonyl (C=O) groups excluding carboxylic acids is 2. The molecule has 1 amide bonds. The summed E-state index contributed by atoms with van der Waals surface area (Å²) in [7, 11) is 3.47. The molecule has 2 aromatic rings. The van der Waals surface area contributed by atoms with Gasteiger partial charge in [-0.05, 0) is 48.7 Å². The summed E-state index contributed by atoms with van der Waals surface area (Å²) in [5.41, 5.74) is 2.24. The third kappa shape index (κ3) is 9.89. The van der Waals surface area contributed by atoms with Crippen LogP contribution in [0, 0.1) is 5.82 Å². The van der Waals surface area contributed by atoms with Crippen LogP contribution in [-0.4, -0.2) is 83.6 Å². The van der Waals surface area contributed by atoms with Crippen LogP contribution in [0.2, 0.25) is 0 Å². The summed E-state index contributed by atoms with van der Waals surface area (Å²) in [6.07, 6.45) is -1.39. The van der Waals surface area contributed by atoms with Crippen molar-refractivity contribution < 1.29 is 41.8 Å². The first kappa shape index (κ1) is 29.8. The van der Waals surface area contributed by atoms with Crippen LogP contribution >= 0.6 is 0 Å². The molecule has 202 valence electrons. The second kappa shape index (κ2) is 13.8. The van der Waals surface area contributed by atoms with E-state index in [4.69, 9.17) is 14.6 Å². The van der Waals surface area contributed by atoms with Gasteiger partial charge in [0.15, 0.2) is 5.78 Å². The Balaban J connectivity index is 0.000000604. The Kier molecular flexibility index (Phi) is 11.1. The van der Waals surface area contributed by atoms with E-state index in [1.165, 1.54) is 24.3 Å². The molecule has 0 radical (unpaired) electrons. The molecule has 1 fully saturated rings. The number of ketones is 1. The molecule has 0 bridgehead atoms. The van der Waals surface area contributed by atoms with Gasteiger partial charge in [0.2, 0.25) is 5.91 Å². The van der Waals surface area contributed by atoms with E-state index < -0.39 is 12.1 Å². The van der Waals surface area contributed by atoms with Gasteiger partial charge in [-0.15, -0.1) is 0 Å². The second-order valence-corrected chi connectivity index (χ2v) is 8.51. The Hall–Kier alpha value is -3.38. The third-order valence-electron chi connectivity index (χ3n) is 5.81. The lowest BCUT2D eigenvalue weighted by Crippen LogP contribution is -2.47. The van der Waals surface area contributed by atoms with Gasteiger partial charge in [-0.25, -0.2) is 9.18 Å². The van der Waals surface area contributed by atoms with Crippen LogP contribution < -0.4 is 0 Å². The van der Waals surface area contributed by atoms with Crippen molar-refractivity contribution in [2.45, 2.75) is 38.1 Å². The number of carboxylic acid groups (broad SMARTS) is 1. The van der Waals surface area contributed by atoms with E-state index in [9.17, 15) is 27.2 Å². The zero-order chi connectivity index (χ0) is 27.6. The number of piperidine rings is 1. The number of amides is 1. The number of likely N-dealkylation sites (tertiary alicyclic amines) is 1. The Morgan fingerprint density at radius 1 is 1.11 bits per heavy atom. The van der Waals surface area contributed by atoms with Crippen LogP contribution in [0.1, 0.15) is 34.5 Å². The summed E-state index contributed by atoms with van der Waals surface area (Å²) in [6.45, 7) is 2.27. The van der Waals surface area contributed by atoms with Crippen molar-refractivity contribution in [3.05, 3.63) is 65.2 Å². The van der Waals surface area contributed by atoms with Crippen molar-refractivity contribution in [3.8, 4) is 0 Å². The van der Waals surface area contributed by atoms with Gasteiger partial charge in [0.25, 0.3) is 0 Å². The smallest absolute Gasteiger partial charge is 0.475 e. The molecule has 1 aromatic carbocycles. The van der Waals surface area contributed by atoms with E-state index in [-0.39, 0.29) is 23.5 Å². The first-order valence-electron chi connectivity index (χ1n) is 11.4. The van der Waals surface area contributed by atoms with Crippen LogP contribution in [0.3, 0.4) is 0 Å². The van der Waals surface area contributed by atoms with Crippen LogP contribution in [0.25, 0.3) is 0 Å². The third-order valence-corrected chi connectivity index (χ3v) is 5.81. The minimum Gasteiger partial charge on any atom is -0.475 e. The van der Waals surface area contributed by atoms with Crippen molar-refractivity contribution in [1.29, 1.82) is 0 Å². The van der Waals surface area contributed by atoms with Crippen LogP contribution in [0.15, 0.2) is 42.6 Å². The number of aliphatic carboxylic acids is 1. The molecule has 0 atom stereocenters. The molecular weight excluding hydrogens is 498 g/mol. The Morgan fingerprint density at radius 2 is 1.70 bits per heavy atom. The Morgan fingerprint density at radius 3 is 2.19 bits per heavy atom. The van der Waals surface area contributed by atoms with Crippen LogP contribution in [0.5, 0.6) is 0 Å². The molecule has 0 aliphatic carbocycles. The zero-order valence-corrected chi connectivity index (χ0v) is 20.5. The number of carboxylic acids is 1. The fraction of sp³-hybridized carbons (Fsp3) is 0.440. The van der Waals surface area contributed by atoms with Gasteiger partial charge in [-0.1, -0.05) is 6.07 Å². The zero-order valence-electron chi connectivity index (χ0n) is 20.5. The number of Topliss-reactive ketones (excluding diaryl/α,β-unsaturated/α-hetero) is 1. The minimum atomic E-state index is -5.08. The molecule has 1 N–H and O–H groups in total. The van der Waals surface area contributed by atoms with Crippen molar-refractivity contribution in [3.63, 3.8) is 0 Å². The quantitative estimate of drug-likeness (QED) is 0.415. The second-order valence-electron chi connectivity index (χ2n) is 8.51. The van der Waals surface area contributed by atoms with Gasteiger partial charge in [0.1, 0.15) is 5.82 Å². The predicted octanol–water partition coefficient (Wildman–Crippen LogP) is 3.35. The standard InChI is InChI=1S/C23H28FN3O3.C2HF3O2/c1-26(23(29)13-17-3-8-20(16-30-2)25-14-17)21-9-11-27(12-10-21)15-22(28)18-4-6-19(24)7-5-18;3-2(4,5)1(6)7/h3-8,14,21H,9-13,15-16H2,1-2H3;(H,6,7). The number of likely N-dealkylation sites (N-methyl/N-ethyl adjacent to an activating group) is 1. The molecule has 3 rings (SSSR count). The number of halogens is 4. The number of carbonyl (C=O) groups is 3. The van der Waals surface area contributed by atoms with E-state index >= 15 is 0 Å². The maximum Gasteiger partial charge on any atom is 0.490 e. The lowest BCUT2D eigenvalue weighted by Gasteiger charge is -2.36. The number of ether oxygens (including phenoxy) is 1. The normalized spacial score (nSPS) is 14.4. The summed E-state index contributed by atoms with van der Waals surface area (Å²) >= 11 is 0. The summed E-state index contributed by atoms with van der Waals surface area (Å²) < 4.78 is 49.8. The van der Waals surface area contributed by atoms with Crippen molar-refractivity contribution in [2.24, 2.45) is 0 Å². The maximum absolute atomic E-state index is 13.0. The van der Waals surface area contributed by atoms with E-state index in [2.05, 4.69) is 9.88 Å².